The number of nitrogens with one attached hydrogen (secondary N) is 1. The molecule has 1 aliphatic rings. The predicted octanol–water partition coefficient (Wildman–Crippen LogP) is 4.24. The monoisotopic (exact) mass is 371 g/mol. The molecule has 1 amide bonds. The fraction of sp³-hybridized carbons (Fsp3) is 0.143. The summed E-state index contributed by atoms with van der Waals surface area (Å²) in [5.74, 6) is 1.59. The Morgan fingerprint density at radius 3 is 3.00 bits per heavy atom. The fourth-order valence-corrected chi connectivity index (χ4v) is 5.63. The molecule has 1 saturated heterocycles. The molecule has 0 aliphatic carbocycles. The van der Waals surface area contributed by atoms with Crippen LogP contribution in [0.25, 0.3) is 5.82 Å². The molecule has 2 aromatic rings. The molecule has 1 aromatic carbocycles. The van der Waals surface area contributed by atoms with E-state index in [4.69, 9.17) is 23.2 Å². The summed E-state index contributed by atoms with van der Waals surface area (Å²) in [4.78, 5) is 14.9. The molecule has 2 heterocycles. The van der Waals surface area contributed by atoms with Gasteiger partial charge in [0, 0.05) is 33.4 Å². The van der Waals surface area contributed by atoms with Gasteiger partial charge in [-0.05, 0) is 17.7 Å². The number of imidazole rings is 1. The summed E-state index contributed by atoms with van der Waals surface area (Å²) in [6.07, 6.45) is 5.79. The van der Waals surface area contributed by atoms with Crippen LogP contribution in [0.4, 0.5) is 0 Å². The minimum absolute atomic E-state index is 0.219. The highest BCUT2D eigenvalue weighted by molar-refractivity contribution is 8.25. The zero-order valence-electron chi connectivity index (χ0n) is 11.2. The predicted molar refractivity (Wildman–Crippen MR) is 93.9 cm³/mol. The highest BCUT2D eigenvalue weighted by Crippen LogP contribution is 2.52. The van der Waals surface area contributed by atoms with Gasteiger partial charge in [0.2, 0.25) is 6.41 Å². The van der Waals surface area contributed by atoms with Crippen molar-refractivity contribution < 1.29 is 4.79 Å². The van der Waals surface area contributed by atoms with Gasteiger partial charge in [-0.15, -0.1) is 23.5 Å². The Hall–Kier alpha value is -1.08. The highest BCUT2D eigenvalue weighted by Gasteiger charge is 2.27. The van der Waals surface area contributed by atoms with Crippen LogP contribution < -0.4 is 5.32 Å². The molecule has 0 radical (unpaired) electrons. The minimum Gasteiger partial charge on any atom is -0.313 e. The van der Waals surface area contributed by atoms with E-state index < -0.39 is 0 Å². The van der Waals surface area contributed by atoms with Crippen molar-refractivity contribution >= 4 is 59.0 Å². The number of benzene rings is 1. The summed E-state index contributed by atoms with van der Waals surface area (Å²) in [6.45, 7) is 0. The van der Waals surface area contributed by atoms with E-state index in [9.17, 15) is 4.79 Å². The second-order valence-corrected chi connectivity index (χ2v) is 7.80. The maximum atomic E-state index is 10.9. The first-order valence-corrected chi connectivity index (χ1v) is 8.98. The van der Waals surface area contributed by atoms with E-state index in [1.807, 2.05) is 12.1 Å². The van der Waals surface area contributed by atoms with E-state index in [0.29, 0.717) is 16.5 Å². The molecule has 1 aromatic heterocycles. The number of carbonyl (C=O) groups excluding carboxylic acids is 1. The Morgan fingerprint density at radius 1 is 1.45 bits per heavy atom. The van der Waals surface area contributed by atoms with Crippen LogP contribution in [0, 0.1) is 0 Å². The first-order valence-electron chi connectivity index (χ1n) is 6.36. The zero-order valence-corrected chi connectivity index (χ0v) is 14.3. The van der Waals surface area contributed by atoms with Gasteiger partial charge in [0.15, 0.2) is 0 Å². The lowest BCUT2D eigenvalue weighted by atomic mass is 10.2. The zero-order chi connectivity index (χ0) is 15.5. The average molecular weight is 372 g/mol. The lowest BCUT2D eigenvalue weighted by Crippen LogP contribution is -2.15. The van der Waals surface area contributed by atoms with Gasteiger partial charge < -0.3 is 5.32 Å². The molecule has 1 atom stereocenters. The average Bonchev–Trinajstić information content (AvgIpc) is 3.16. The third kappa shape index (κ3) is 3.30. The van der Waals surface area contributed by atoms with Gasteiger partial charge in [0.05, 0.1) is 4.24 Å². The van der Waals surface area contributed by atoms with Crippen molar-refractivity contribution in [3.8, 4) is 0 Å². The molecule has 8 heteroatoms. The summed E-state index contributed by atoms with van der Waals surface area (Å²) in [6, 6.07) is 5.55. The molecular weight excluding hydrogens is 361 g/mol. The smallest absolute Gasteiger partial charge is 0.212 e. The summed E-state index contributed by atoms with van der Waals surface area (Å²) >= 11 is 15.6. The Bertz CT molecular complexity index is 719. The molecule has 0 spiro atoms. The third-order valence-corrected chi connectivity index (χ3v) is 6.56. The van der Waals surface area contributed by atoms with Crippen molar-refractivity contribution in [1.29, 1.82) is 0 Å². The Balaban J connectivity index is 1.89. The second-order valence-electron chi connectivity index (χ2n) is 4.45. The topological polar surface area (TPSA) is 46.9 Å². The van der Waals surface area contributed by atoms with Crippen molar-refractivity contribution in [2.75, 3.05) is 5.75 Å². The molecule has 1 N–H and O–H groups in total. The van der Waals surface area contributed by atoms with Crippen LogP contribution in [0.5, 0.6) is 0 Å². The Morgan fingerprint density at radius 2 is 2.32 bits per heavy atom. The number of hydrogen-bond donors (Lipinski definition) is 1. The van der Waals surface area contributed by atoms with Crippen molar-refractivity contribution in [2.24, 2.45) is 0 Å². The van der Waals surface area contributed by atoms with Gasteiger partial charge in [-0.25, -0.2) is 4.98 Å². The van der Waals surface area contributed by atoms with E-state index in [-0.39, 0.29) is 5.25 Å². The van der Waals surface area contributed by atoms with Gasteiger partial charge in [0.1, 0.15) is 12.1 Å². The minimum atomic E-state index is 0.219. The summed E-state index contributed by atoms with van der Waals surface area (Å²) < 4.78 is 2.82. The van der Waals surface area contributed by atoms with E-state index in [1.54, 1.807) is 52.9 Å². The molecule has 1 fully saturated rings. The van der Waals surface area contributed by atoms with Gasteiger partial charge in [0.25, 0.3) is 0 Å². The molecule has 0 bridgehead atoms. The molecule has 1 aliphatic heterocycles. The maximum absolute atomic E-state index is 10.9. The molecule has 0 saturated carbocycles. The van der Waals surface area contributed by atoms with Crippen molar-refractivity contribution in [3.05, 3.63) is 56.8 Å². The number of amides is 1. The lowest BCUT2D eigenvalue weighted by Gasteiger charge is -2.12. The van der Waals surface area contributed by atoms with Crippen molar-refractivity contribution in [1.82, 2.24) is 14.9 Å². The van der Waals surface area contributed by atoms with Crippen molar-refractivity contribution in [3.63, 3.8) is 0 Å². The van der Waals surface area contributed by atoms with E-state index in [1.165, 1.54) is 0 Å². The first-order chi connectivity index (χ1) is 10.7. The Labute approximate surface area is 146 Å². The quantitative estimate of drug-likeness (QED) is 0.816. The van der Waals surface area contributed by atoms with Gasteiger partial charge in [-0.1, -0.05) is 29.3 Å². The van der Waals surface area contributed by atoms with Gasteiger partial charge >= 0.3 is 0 Å². The standard InChI is InChI=1S/C14H11Cl2N3OS2/c15-9-1-2-10(11(16)5-9)12-6-21-14(22-12)13(18-8-20)19-4-3-17-7-19/h1-5,7-8,12H,6H2,(H,18,20)/b14-13+. The first kappa shape index (κ1) is 15.8. The lowest BCUT2D eigenvalue weighted by molar-refractivity contribution is -0.108. The molecule has 3 rings (SSSR count). The number of nitrogens with zero attached hydrogens (tertiary/aromatic N) is 2. The normalized spacial score (nSPS) is 20.0. The van der Waals surface area contributed by atoms with E-state index in [2.05, 4.69) is 10.3 Å². The van der Waals surface area contributed by atoms with Crippen LogP contribution in [0.1, 0.15) is 10.8 Å². The number of hydrogen-bond acceptors (Lipinski definition) is 4. The van der Waals surface area contributed by atoms with E-state index in [0.717, 1.165) is 21.4 Å². The number of rotatable bonds is 4. The largest absolute Gasteiger partial charge is 0.313 e. The summed E-state index contributed by atoms with van der Waals surface area (Å²) in [5.41, 5.74) is 1.05. The third-order valence-electron chi connectivity index (χ3n) is 3.08. The molecular formula is C14H11Cl2N3OS2. The van der Waals surface area contributed by atoms with Crippen LogP contribution in [0.3, 0.4) is 0 Å². The van der Waals surface area contributed by atoms with Crippen LogP contribution in [0.15, 0.2) is 41.2 Å². The number of thioether (sulfide) groups is 2. The van der Waals surface area contributed by atoms with Crippen LogP contribution in [-0.4, -0.2) is 21.7 Å². The van der Waals surface area contributed by atoms with Gasteiger partial charge in [-0.3, -0.25) is 9.36 Å². The highest BCUT2D eigenvalue weighted by atomic mass is 35.5. The number of aromatic nitrogens is 2. The maximum Gasteiger partial charge on any atom is 0.212 e. The SMILES string of the molecule is O=CN/C(=C1/SCC(c2ccc(Cl)cc2Cl)S1)n1ccnc1. The van der Waals surface area contributed by atoms with Crippen LogP contribution >= 0.6 is 46.7 Å². The van der Waals surface area contributed by atoms with E-state index >= 15 is 0 Å². The number of carbonyl (C=O) groups is 1. The molecule has 22 heavy (non-hydrogen) atoms. The molecule has 114 valence electrons. The van der Waals surface area contributed by atoms with Crippen LogP contribution in [0.2, 0.25) is 10.0 Å². The number of halogens is 2. The second kappa shape index (κ2) is 7.00. The fourth-order valence-electron chi connectivity index (χ4n) is 2.07. The van der Waals surface area contributed by atoms with Crippen LogP contribution in [-0.2, 0) is 4.79 Å². The summed E-state index contributed by atoms with van der Waals surface area (Å²) in [7, 11) is 0. The van der Waals surface area contributed by atoms with Crippen molar-refractivity contribution in [2.45, 2.75) is 5.25 Å². The Kier molecular flexibility index (Phi) is 5.03. The molecule has 4 nitrogen and oxygen atoms in total. The summed E-state index contributed by atoms with van der Waals surface area (Å²) in [5, 5.41) is 4.26. The van der Waals surface area contributed by atoms with Gasteiger partial charge in [-0.2, -0.15) is 0 Å². The molecule has 1 unspecified atom stereocenters.